The van der Waals surface area contributed by atoms with Crippen molar-refractivity contribution in [2.24, 2.45) is 5.73 Å². The maximum Gasteiger partial charge on any atom is 0.406 e. The zero-order valence-corrected chi connectivity index (χ0v) is 6.27. The maximum atomic E-state index is 11.8. The van der Waals surface area contributed by atoms with Crippen molar-refractivity contribution in [3.8, 4) is 0 Å². The highest BCUT2D eigenvalue weighted by atomic mass is 19.4. The largest absolute Gasteiger partial charge is 0.406 e. The molecule has 0 spiro atoms. The van der Waals surface area contributed by atoms with Gasteiger partial charge in [0.2, 0.25) is 5.91 Å². The zero-order valence-electron chi connectivity index (χ0n) is 6.27. The van der Waals surface area contributed by atoms with Crippen LogP contribution in [0.15, 0.2) is 0 Å². The van der Waals surface area contributed by atoms with Crippen LogP contribution in [0.5, 0.6) is 0 Å². The van der Waals surface area contributed by atoms with E-state index in [0.717, 1.165) is 4.90 Å². The Balaban J connectivity index is 2.49. The number of alkyl halides is 3. The van der Waals surface area contributed by atoms with Gasteiger partial charge in [-0.3, -0.25) is 4.79 Å². The number of nitrogens with two attached hydrogens (primary N) is 1. The number of rotatable bonds is 1. The second-order valence-corrected chi connectivity index (χ2v) is 2.85. The third kappa shape index (κ3) is 2.37. The highest BCUT2D eigenvalue weighted by Crippen LogP contribution is 2.19. The van der Waals surface area contributed by atoms with E-state index in [9.17, 15) is 18.0 Å². The molecule has 1 aliphatic rings. The van der Waals surface area contributed by atoms with Gasteiger partial charge in [0.05, 0.1) is 0 Å². The lowest BCUT2D eigenvalue weighted by atomic mass is 10.3. The Morgan fingerprint density at radius 3 is 2.50 bits per heavy atom. The molecule has 0 aliphatic carbocycles. The van der Waals surface area contributed by atoms with E-state index in [1.165, 1.54) is 0 Å². The summed E-state index contributed by atoms with van der Waals surface area (Å²) in [7, 11) is 0. The van der Waals surface area contributed by atoms with Crippen LogP contribution in [0.25, 0.3) is 0 Å². The average molecular weight is 182 g/mol. The number of carbonyl (C=O) groups excluding carboxylic acids is 1. The van der Waals surface area contributed by atoms with Crippen LogP contribution in [0.2, 0.25) is 0 Å². The summed E-state index contributed by atoms with van der Waals surface area (Å²) in [6.45, 7) is -1.17. The molecule has 1 fully saturated rings. The highest BCUT2D eigenvalue weighted by molar-refractivity contribution is 5.79. The highest BCUT2D eigenvalue weighted by Gasteiger charge is 2.37. The molecule has 1 amide bonds. The second-order valence-electron chi connectivity index (χ2n) is 2.85. The number of hydrogen-bond donors (Lipinski definition) is 1. The first kappa shape index (κ1) is 9.31. The predicted molar refractivity (Wildman–Crippen MR) is 35.2 cm³/mol. The summed E-state index contributed by atoms with van der Waals surface area (Å²) in [4.78, 5) is 11.5. The third-order valence-corrected chi connectivity index (χ3v) is 1.61. The molecular formula is C6H9F3N2O. The number of carbonyl (C=O) groups is 1. The number of likely N-dealkylation sites (tertiary alicyclic amines) is 1. The number of amides is 1. The average Bonchev–Trinajstić information content (AvgIpc) is 2.06. The molecule has 12 heavy (non-hydrogen) atoms. The van der Waals surface area contributed by atoms with Crippen molar-refractivity contribution in [2.75, 3.05) is 13.1 Å². The standard InChI is InChI=1S/C6H9F3N2O/c7-6(8,9)3-11-2-4(10)1-5(11)12/h4H,1-3,10H2/t4-/m0/s1. The number of hydrogen-bond acceptors (Lipinski definition) is 2. The molecule has 1 saturated heterocycles. The SMILES string of the molecule is N[C@H]1CC(=O)N(CC(F)(F)F)C1. The van der Waals surface area contributed by atoms with Gasteiger partial charge in [-0.25, -0.2) is 0 Å². The van der Waals surface area contributed by atoms with Gasteiger partial charge >= 0.3 is 6.18 Å². The predicted octanol–water partition coefficient (Wildman–Crippen LogP) is 0.108. The summed E-state index contributed by atoms with van der Waals surface area (Å²) in [5.74, 6) is -0.514. The molecule has 6 heteroatoms. The minimum Gasteiger partial charge on any atom is -0.332 e. The fourth-order valence-electron chi connectivity index (χ4n) is 1.17. The fraction of sp³-hybridized carbons (Fsp3) is 0.833. The zero-order chi connectivity index (χ0) is 9.35. The molecule has 0 aromatic rings. The first-order valence-corrected chi connectivity index (χ1v) is 3.48. The summed E-state index contributed by atoms with van der Waals surface area (Å²) in [6, 6.07) is -0.445. The van der Waals surface area contributed by atoms with Crippen LogP contribution in [0, 0.1) is 0 Å². The summed E-state index contributed by atoms with van der Waals surface area (Å²) in [6.07, 6.45) is -4.30. The van der Waals surface area contributed by atoms with Gasteiger partial charge < -0.3 is 10.6 Å². The van der Waals surface area contributed by atoms with Gasteiger partial charge in [-0.1, -0.05) is 0 Å². The summed E-state index contributed by atoms with van der Waals surface area (Å²) < 4.78 is 35.3. The van der Waals surface area contributed by atoms with Gasteiger partial charge in [0.25, 0.3) is 0 Å². The van der Waals surface area contributed by atoms with Crippen LogP contribution in [0.3, 0.4) is 0 Å². The topological polar surface area (TPSA) is 46.3 Å². The molecule has 0 aromatic carbocycles. The lowest BCUT2D eigenvalue weighted by Gasteiger charge is -2.17. The third-order valence-electron chi connectivity index (χ3n) is 1.61. The number of halogens is 3. The van der Waals surface area contributed by atoms with E-state index < -0.39 is 24.7 Å². The Hall–Kier alpha value is -0.780. The van der Waals surface area contributed by atoms with Gasteiger partial charge in [-0.15, -0.1) is 0 Å². The molecule has 1 aliphatic heterocycles. The Kier molecular flexibility index (Phi) is 2.27. The molecule has 0 unspecified atom stereocenters. The summed E-state index contributed by atoms with van der Waals surface area (Å²) in [5.41, 5.74) is 5.30. The van der Waals surface area contributed by atoms with Gasteiger partial charge in [0, 0.05) is 19.0 Å². The molecule has 0 bridgehead atoms. The maximum absolute atomic E-state index is 11.8. The molecule has 2 N–H and O–H groups in total. The molecule has 70 valence electrons. The second kappa shape index (κ2) is 2.93. The van der Waals surface area contributed by atoms with E-state index in [-0.39, 0.29) is 13.0 Å². The monoisotopic (exact) mass is 182 g/mol. The first-order chi connectivity index (χ1) is 5.38. The van der Waals surface area contributed by atoms with Crippen LogP contribution in [-0.2, 0) is 4.79 Å². The van der Waals surface area contributed by atoms with E-state index >= 15 is 0 Å². The molecule has 1 heterocycles. The molecule has 0 saturated carbocycles. The summed E-state index contributed by atoms with van der Waals surface area (Å²) in [5, 5.41) is 0. The van der Waals surface area contributed by atoms with Crippen molar-refractivity contribution in [1.82, 2.24) is 4.90 Å². The smallest absolute Gasteiger partial charge is 0.332 e. The Morgan fingerprint density at radius 1 is 1.58 bits per heavy atom. The van der Waals surface area contributed by atoms with Crippen LogP contribution in [-0.4, -0.2) is 36.1 Å². The minimum absolute atomic E-state index is 0.0122. The molecule has 0 radical (unpaired) electrons. The van der Waals surface area contributed by atoms with Crippen molar-refractivity contribution >= 4 is 5.91 Å². The van der Waals surface area contributed by atoms with Gasteiger partial charge in [0.15, 0.2) is 0 Å². The van der Waals surface area contributed by atoms with Crippen molar-refractivity contribution in [3.05, 3.63) is 0 Å². The van der Waals surface area contributed by atoms with Crippen molar-refractivity contribution in [2.45, 2.75) is 18.6 Å². The van der Waals surface area contributed by atoms with E-state index in [4.69, 9.17) is 5.73 Å². The van der Waals surface area contributed by atoms with Gasteiger partial charge in [-0.2, -0.15) is 13.2 Å². The van der Waals surface area contributed by atoms with Crippen molar-refractivity contribution < 1.29 is 18.0 Å². The molecular weight excluding hydrogens is 173 g/mol. The van der Waals surface area contributed by atoms with Gasteiger partial charge in [0.1, 0.15) is 6.54 Å². The molecule has 1 atom stereocenters. The van der Waals surface area contributed by atoms with E-state index in [2.05, 4.69) is 0 Å². The molecule has 0 aromatic heterocycles. The van der Waals surface area contributed by atoms with Crippen molar-refractivity contribution in [3.63, 3.8) is 0 Å². The van der Waals surface area contributed by atoms with Crippen LogP contribution in [0.1, 0.15) is 6.42 Å². The first-order valence-electron chi connectivity index (χ1n) is 3.48. The number of nitrogens with zero attached hydrogens (tertiary/aromatic N) is 1. The normalized spacial score (nSPS) is 25.2. The lowest BCUT2D eigenvalue weighted by molar-refractivity contribution is -0.157. The fourth-order valence-corrected chi connectivity index (χ4v) is 1.17. The summed E-state index contributed by atoms with van der Waals surface area (Å²) >= 11 is 0. The quantitative estimate of drug-likeness (QED) is 0.625. The molecule has 3 nitrogen and oxygen atoms in total. The van der Waals surface area contributed by atoms with Crippen LogP contribution < -0.4 is 5.73 Å². The van der Waals surface area contributed by atoms with Crippen LogP contribution in [0.4, 0.5) is 13.2 Å². The van der Waals surface area contributed by atoms with E-state index in [1.54, 1.807) is 0 Å². The van der Waals surface area contributed by atoms with Crippen molar-refractivity contribution in [1.29, 1.82) is 0 Å². The van der Waals surface area contributed by atoms with Gasteiger partial charge in [-0.05, 0) is 0 Å². The van der Waals surface area contributed by atoms with E-state index in [0.29, 0.717) is 0 Å². The Morgan fingerprint density at radius 2 is 2.17 bits per heavy atom. The lowest BCUT2D eigenvalue weighted by Crippen LogP contribution is -2.36. The molecule has 1 rings (SSSR count). The Bertz CT molecular complexity index is 192. The van der Waals surface area contributed by atoms with Crippen LogP contribution >= 0.6 is 0 Å². The minimum atomic E-state index is -4.32. The van der Waals surface area contributed by atoms with E-state index in [1.807, 2.05) is 0 Å². The Labute approximate surface area is 67.3 Å².